The Bertz CT molecular complexity index is 339. The number of rotatable bonds is 18. The molecular weight excluding hydrogens is 322 g/mol. The van der Waals surface area contributed by atoms with Crippen LogP contribution in [0, 0.1) is 5.92 Å². The van der Waals surface area contributed by atoms with Gasteiger partial charge in [0, 0.05) is 6.42 Å². The van der Waals surface area contributed by atoms with Gasteiger partial charge in [0.2, 0.25) is 5.91 Å². The van der Waals surface area contributed by atoms with Crippen molar-refractivity contribution in [3.05, 3.63) is 12.2 Å². The molecular formula is C23H45NO2. The maximum Gasteiger partial charge on any atom is 0.220 e. The molecule has 0 saturated heterocycles. The minimum Gasteiger partial charge on any atom is -0.394 e. The summed E-state index contributed by atoms with van der Waals surface area (Å²) in [6.07, 6.45) is 21.8. The van der Waals surface area contributed by atoms with Gasteiger partial charge in [-0.15, -0.1) is 0 Å². The van der Waals surface area contributed by atoms with E-state index in [2.05, 4.69) is 24.4 Å². The molecule has 0 aromatic carbocycles. The molecule has 0 bridgehead atoms. The number of allylic oxidation sites excluding steroid dienone is 2. The highest BCUT2D eigenvalue weighted by atomic mass is 16.3. The Morgan fingerprint density at radius 3 is 1.85 bits per heavy atom. The van der Waals surface area contributed by atoms with Crippen LogP contribution in [0.3, 0.4) is 0 Å². The molecule has 0 aromatic rings. The standard InChI is InChI=1S/C23H45NO2/c1-4-5-6-7-8-9-10-11-12-13-14-15-16-17-18-19-23(26)24-22(20-25)21(2)3/h11-12,21-22,25H,4-10,13-20H2,1-3H3,(H,24,26)/t22-/m0/s1. The zero-order valence-corrected chi connectivity index (χ0v) is 17.8. The molecule has 26 heavy (non-hydrogen) atoms. The van der Waals surface area contributed by atoms with Crippen LogP contribution >= 0.6 is 0 Å². The van der Waals surface area contributed by atoms with Crippen LogP contribution in [0.4, 0.5) is 0 Å². The van der Waals surface area contributed by atoms with Gasteiger partial charge in [-0.2, -0.15) is 0 Å². The third-order valence-corrected chi connectivity index (χ3v) is 5.01. The minimum atomic E-state index is -0.106. The summed E-state index contributed by atoms with van der Waals surface area (Å²) in [4.78, 5) is 11.8. The monoisotopic (exact) mass is 367 g/mol. The lowest BCUT2D eigenvalue weighted by Crippen LogP contribution is -2.41. The maximum absolute atomic E-state index is 11.8. The zero-order valence-electron chi connectivity index (χ0n) is 17.8. The third kappa shape index (κ3) is 16.6. The lowest BCUT2D eigenvalue weighted by molar-refractivity contribution is -0.122. The first-order valence-electron chi connectivity index (χ1n) is 11.2. The average molecular weight is 368 g/mol. The van der Waals surface area contributed by atoms with Crippen LogP contribution in [0.25, 0.3) is 0 Å². The van der Waals surface area contributed by atoms with Gasteiger partial charge in [-0.3, -0.25) is 4.79 Å². The van der Waals surface area contributed by atoms with E-state index < -0.39 is 0 Å². The van der Waals surface area contributed by atoms with E-state index in [9.17, 15) is 9.90 Å². The molecule has 3 heteroatoms. The van der Waals surface area contributed by atoms with Gasteiger partial charge < -0.3 is 10.4 Å². The maximum atomic E-state index is 11.8. The summed E-state index contributed by atoms with van der Waals surface area (Å²) in [6.45, 7) is 6.32. The van der Waals surface area contributed by atoms with Crippen LogP contribution in [0.5, 0.6) is 0 Å². The van der Waals surface area contributed by atoms with Gasteiger partial charge in [-0.1, -0.05) is 84.3 Å². The number of nitrogens with one attached hydrogen (secondary N) is 1. The van der Waals surface area contributed by atoms with Gasteiger partial charge in [0.25, 0.3) is 0 Å². The zero-order chi connectivity index (χ0) is 19.5. The van der Waals surface area contributed by atoms with Crippen molar-refractivity contribution in [2.24, 2.45) is 5.92 Å². The molecule has 0 spiro atoms. The molecule has 0 heterocycles. The van der Waals surface area contributed by atoms with Crippen LogP contribution in [-0.4, -0.2) is 23.7 Å². The second-order valence-electron chi connectivity index (χ2n) is 7.93. The normalized spacial score (nSPS) is 12.8. The van der Waals surface area contributed by atoms with Gasteiger partial charge in [0.05, 0.1) is 12.6 Å². The Kier molecular flexibility index (Phi) is 18.3. The molecule has 0 radical (unpaired) electrons. The Labute approximate surface area is 163 Å². The summed E-state index contributed by atoms with van der Waals surface area (Å²) in [5.41, 5.74) is 0. The van der Waals surface area contributed by atoms with Gasteiger partial charge in [0.15, 0.2) is 0 Å². The molecule has 0 unspecified atom stereocenters. The predicted molar refractivity (Wildman–Crippen MR) is 113 cm³/mol. The molecule has 0 aliphatic rings. The molecule has 0 aromatic heterocycles. The Morgan fingerprint density at radius 2 is 1.35 bits per heavy atom. The highest BCUT2D eigenvalue weighted by molar-refractivity contribution is 5.76. The van der Waals surface area contributed by atoms with Crippen molar-refractivity contribution in [2.75, 3.05) is 6.61 Å². The van der Waals surface area contributed by atoms with Crippen molar-refractivity contribution < 1.29 is 9.90 Å². The number of carbonyl (C=O) groups is 1. The van der Waals surface area contributed by atoms with Crippen molar-refractivity contribution >= 4 is 5.91 Å². The van der Waals surface area contributed by atoms with Crippen molar-refractivity contribution in [3.8, 4) is 0 Å². The highest BCUT2D eigenvalue weighted by Gasteiger charge is 2.14. The van der Waals surface area contributed by atoms with Gasteiger partial charge in [-0.25, -0.2) is 0 Å². The fraction of sp³-hybridized carbons (Fsp3) is 0.870. The fourth-order valence-electron chi connectivity index (χ4n) is 3.06. The quantitative estimate of drug-likeness (QED) is 0.225. The molecule has 1 atom stereocenters. The van der Waals surface area contributed by atoms with E-state index in [1.807, 2.05) is 13.8 Å². The summed E-state index contributed by atoms with van der Waals surface area (Å²) >= 11 is 0. The van der Waals surface area contributed by atoms with Crippen molar-refractivity contribution in [1.82, 2.24) is 5.32 Å². The molecule has 154 valence electrons. The van der Waals surface area contributed by atoms with Crippen molar-refractivity contribution in [3.63, 3.8) is 0 Å². The number of carbonyl (C=O) groups excluding carboxylic acids is 1. The van der Waals surface area contributed by atoms with E-state index in [-0.39, 0.29) is 24.5 Å². The van der Waals surface area contributed by atoms with Gasteiger partial charge >= 0.3 is 0 Å². The Morgan fingerprint density at radius 1 is 0.846 bits per heavy atom. The van der Waals surface area contributed by atoms with Crippen LogP contribution in [-0.2, 0) is 4.79 Å². The smallest absolute Gasteiger partial charge is 0.220 e. The number of hydrogen-bond acceptors (Lipinski definition) is 2. The fourth-order valence-corrected chi connectivity index (χ4v) is 3.06. The van der Waals surface area contributed by atoms with Crippen molar-refractivity contribution in [1.29, 1.82) is 0 Å². The number of unbranched alkanes of at least 4 members (excludes halogenated alkanes) is 11. The van der Waals surface area contributed by atoms with Crippen LogP contribution in [0.2, 0.25) is 0 Å². The minimum absolute atomic E-state index is 0.0236. The number of amides is 1. The number of aliphatic hydroxyl groups excluding tert-OH is 1. The molecule has 0 rings (SSSR count). The summed E-state index contributed by atoms with van der Waals surface area (Å²) in [5, 5.41) is 12.1. The summed E-state index contributed by atoms with van der Waals surface area (Å²) in [5.74, 6) is 0.355. The molecule has 0 fully saturated rings. The Balaban J connectivity index is 3.35. The first-order chi connectivity index (χ1) is 12.6. The topological polar surface area (TPSA) is 49.3 Å². The molecule has 0 aliphatic heterocycles. The van der Waals surface area contributed by atoms with Gasteiger partial charge in [-0.05, 0) is 38.0 Å². The lowest BCUT2D eigenvalue weighted by Gasteiger charge is -2.19. The van der Waals surface area contributed by atoms with Crippen molar-refractivity contribution in [2.45, 2.75) is 117 Å². The largest absolute Gasteiger partial charge is 0.394 e. The van der Waals surface area contributed by atoms with Crippen LogP contribution in [0.1, 0.15) is 111 Å². The van der Waals surface area contributed by atoms with E-state index in [1.165, 1.54) is 70.6 Å². The first kappa shape index (κ1) is 25.2. The first-order valence-corrected chi connectivity index (χ1v) is 11.2. The summed E-state index contributed by atoms with van der Waals surface area (Å²) in [7, 11) is 0. The molecule has 0 aliphatic carbocycles. The number of aliphatic hydroxyl groups is 1. The van der Waals surface area contributed by atoms with Crippen LogP contribution < -0.4 is 5.32 Å². The molecule has 2 N–H and O–H groups in total. The predicted octanol–water partition coefficient (Wildman–Crippen LogP) is 6.16. The second kappa shape index (κ2) is 18.9. The summed E-state index contributed by atoms with van der Waals surface area (Å²) < 4.78 is 0. The number of hydrogen-bond donors (Lipinski definition) is 2. The van der Waals surface area contributed by atoms with E-state index in [4.69, 9.17) is 0 Å². The lowest BCUT2D eigenvalue weighted by atomic mass is 10.0. The molecule has 0 saturated carbocycles. The molecule has 1 amide bonds. The van der Waals surface area contributed by atoms with Gasteiger partial charge in [0.1, 0.15) is 0 Å². The Hall–Kier alpha value is -0.830. The summed E-state index contributed by atoms with van der Waals surface area (Å²) in [6, 6.07) is -0.106. The highest BCUT2D eigenvalue weighted by Crippen LogP contribution is 2.10. The van der Waals surface area contributed by atoms with E-state index in [0.29, 0.717) is 6.42 Å². The third-order valence-electron chi connectivity index (χ3n) is 5.01. The molecule has 3 nitrogen and oxygen atoms in total. The average Bonchev–Trinajstić information content (AvgIpc) is 2.62. The van der Waals surface area contributed by atoms with E-state index in [0.717, 1.165) is 12.8 Å². The second-order valence-corrected chi connectivity index (χ2v) is 7.93. The van der Waals surface area contributed by atoms with E-state index in [1.54, 1.807) is 0 Å². The SMILES string of the molecule is CCCCCCCCC=CCCCCCCCC(=O)N[C@@H](CO)C(C)C. The van der Waals surface area contributed by atoms with E-state index >= 15 is 0 Å². The van der Waals surface area contributed by atoms with Crippen LogP contribution in [0.15, 0.2) is 12.2 Å².